The number of hydrogen-bond acceptors (Lipinski definition) is 4. The molecule has 2 unspecified atom stereocenters. The van der Waals surface area contributed by atoms with Crippen LogP contribution in [-0.4, -0.2) is 30.2 Å². The quantitative estimate of drug-likeness (QED) is 0.762. The molecule has 1 amide bonds. The monoisotopic (exact) mass is 329 g/mol. The normalized spacial score (nSPS) is 19.3. The van der Waals surface area contributed by atoms with Gasteiger partial charge in [0.2, 0.25) is 5.91 Å². The molecule has 0 heterocycles. The van der Waals surface area contributed by atoms with Crippen molar-refractivity contribution in [3.8, 4) is 11.5 Å². The van der Waals surface area contributed by atoms with Crippen molar-refractivity contribution in [2.45, 2.75) is 26.5 Å². The third kappa shape index (κ3) is 4.30. The van der Waals surface area contributed by atoms with Crippen molar-refractivity contribution >= 4 is 11.9 Å². The van der Waals surface area contributed by atoms with Gasteiger partial charge in [-0.2, -0.15) is 8.78 Å². The highest BCUT2D eigenvalue weighted by atomic mass is 19.3. The van der Waals surface area contributed by atoms with Crippen molar-refractivity contribution < 1.29 is 33.0 Å². The number of ether oxygens (including phenoxy) is 2. The fourth-order valence-corrected chi connectivity index (χ4v) is 2.26. The molecule has 0 aliphatic heterocycles. The van der Waals surface area contributed by atoms with Gasteiger partial charge in [-0.15, -0.1) is 0 Å². The van der Waals surface area contributed by atoms with Crippen molar-refractivity contribution in [1.29, 1.82) is 0 Å². The molecule has 126 valence electrons. The van der Waals surface area contributed by atoms with E-state index in [0.29, 0.717) is 12.0 Å². The molecule has 1 aliphatic carbocycles. The van der Waals surface area contributed by atoms with E-state index in [2.05, 4.69) is 10.1 Å². The van der Waals surface area contributed by atoms with Crippen LogP contribution in [0.3, 0.4) is 0 Å². The predicted octanol–water partition coefficient (Wildman–Crippen LogP) is 2.02. The molecule has 2 N–H and O–H groups in total. The van der Waals surface area contributed by atoms with Gasteiger partial charge in [0.25, 0.3) is 0 Å². The van der Waals surface area contributed by atoms with Gasteiger partial charge >= 0.3 is 12.6 Å². The molecular formula is C15H17F2NO5. The number of aliphatic carboxylic acids is 1. The van der Waals surface area contributed by atoms with Crippen molar-refractivity contribution in [3.05, 3.63) is 23.8 Å². The van der Waals surface area contributed by atoms with Crippen molar-refractivity contribution in [1.82, 2.24) is 5.32 Å². The summed E-state index contributed by atoms with van der Waals surface area (Å²) in [5.41, 5.74) is 0.331. The van der Waals surface area contributed by atoms with E-state index < -0.39 is 30.3 Å². The summed E-state index contributed by atoms with van der Waals surface area (Å²) in [6.07, 6.45) is 0.292. The summed E-state index contributed by atoms with van der Waals surface area (Å²) in [5, 5.41) is 11.3. The number of benzene rings is 1. The Morgan fingerprint density at radius 1 is 1.39 bits per heavy atom. The Balaban J connectivity index is 2.05. The Hall–Kier alpha value is -2.38. The Kier molecular flexibility index (Phi) is 5.36. The highest BCUT2D eigenvalue weighted by Gasteiger charge is 2.48. The van der Waals surface area contributed by atoms with E-state index in [-0.39, 0.29) is 24.7 Å². The zero-order chi connectivity index (χ0) is 17.0. The molecule has 0 bridgehead atoms. The Morgan fingerprint density at radius 3 is 2.70 bits per heavy atom. The second-order valence-electron chi connectivity index (χ2n) is 5.06. The van der Waals surface area contributed by atoms with Crippen LogP contribution in [0, 0.1) is 11.8 Å². The first-order valence-corrected chi connectivity index (χ1v) is 7.14. The number of nitrogens with one attached hydrogen (secondary N) is 1. The van der Waals surface area contributed by atoms with E-state index in [1.807, 2.05) is 0 Å². The number of hydrogen-bond donors (Lipinski definition) is 2. The predicted molar refractivity (Wildman–Crippen MR) is 75.3 cm³/mol. The van der Waals surface area contributed by atoms with E-state index in [1.54, 1.807) is 13.0 Å². The molecule has 0 radical (unpaired) electrons. The first kappa shape index (κ1) is 17.0. The maximum Gasteiger partial charge on any atom is 0.387 e. The van der Waals surface area contributed by atoms with Gasteiger partial charge in [0.15, 0.2) is 11.5 Å². The number of halogens is 2. The van der Waals surface area contributed by atoms with Gasteiger partial charge in [0.1, 0.15) is 0 Å². The number of carboxylic acid groups (broad SMARTS) is 1. The fraction of sp³-hybridized carbons (Fsp3) is 0.467. The summed E-state index contributed by atoms with van der Waals surface area (Å²) >= 11 is 0. The van der Waals surface area contributed by atoms with E-state index >= 15 is 0 Å². The van der Waals surface area contributed by atoms with Gasteiger partial charge in [0, 0.05) is 12.1 Å². The van der Waals surface area contributed by atoms with Crippen LogP contribution in [0.25, 0.3) is 0 Å². The molecule has 23 heavy (non-hydrogen) atoms. The van der Waals surface area contributed by atoms with Crippen LogP contribution < -0.4 is 14.8 Å². The third-order valence-corrected chi connectivity index (χ3v) is 3.46. The average molecular weight is 329 g/mol. The number of para-hydroxylation sites is 1. The average Bonchev–Trinajstić information content (AvgIpc) is 3.27. The second kappa shape index (κ2) is 7.26. The highest BCUT2D eigenvalue weighted by Crippen LogP contribution is 2.39. The van der Waals surface area contributed by atoms with E-state index in [1.165, 1.54) is 12.1 Å². The standard InChI is InChI=1S/C15H17F2NO5/c1-2-22-11-5-3-4-8(12(11)23-15(16)17)7-18-13(19)9-6-10(9)14(20)21/h3-5,9-10,15H,2,6-7H2,1H3,(H,18,19)(H,20,21). The van der Waals surface area contributed by atoms with Crippen molar-refractivity contribution in [2.75, 3.05) is 6.61 Å². The maximum atomic E-state index is 12.6. The lowest BCUT2D eigenvalue weighted by Crippen LogP contribution is -2.26. The summed E-state index contributed by atoms with van der Waals surface area (Å²) in [6, 6.07) is 4.62. The number of alkyl halides is 2. The molecule has 1 aliphatic rings. The summed E-state index contributed by atoms with van der Waals surface area (Å²) in [4.78, 5) is 22.6. The van der Waals surface area contributed by atoms with Crippen LogP contribution in [0.4, 0.5) is 8.78 Å². The van der Waals surface area contributed by atoms with Gasteiger partial charge in [0.05, 0.1) is 18.4 Å². The number of carbonyl (C=O) groups is 2. The molecule has 0 aromatic heterocycles. The zero-order valence-corrected chi connectivity index (χ0v) is 12.4. The molecule has 1 aromatic rings. The number of carbonyl (C=O) groups excluding carboxylic acids is 1. The summed E-state index contributed by atoms with van der Waals surface area (Å²) in [5.74, 6) is -2.62. The van der Waals surface area contributed by atoms with E-state index in [9.17, 15) is 18.4 Å². The number of amides is 1. The van der Waals surface area contributed by atoms with Crippen LogP contribution in [0.1, 0.15) is 18.9 Å². The van der Waals surface area contributed by atoms with E-state index in [0.717, 1.165) is 0 Å². The number of carboxylic acids is 1. The van der Waals surface area contributed by atoms with Gasteiger partial charge < -0.3 is 19.9 Å². The summed E-state index contributed by atoms with van der Waals surface area (Å²) in [7, 11) is 0. The SMILES string of the molecule is CCOc1cccc(CNC(=O)C2CC2C(=O)O)c1OC(F)F. The zero-order valence-electron chi connectivity index (χ0n) is 12.4. The topological polar surface area (TPSA) is 84.9 Å². The molecule has 0 saturated heterocycles. The highest BCUT2D eigenvalue weighted by molar-refractivity contribution is 5.89. The summed E-state index contributed by atoms with van der Waals surface area (Å²) in [6.45, 7) is -1.09. The second-order valence-corrected chi connectivity index (χ2v) is 5.06. The van der Waals surface area contributed by atoms with Gasteiger partial charge in [-0.3, -0.25) is 9.59 Å². The largest absolute Gasteiger partial charge is 0.490 e. The van der Waals surface area contributed by atoms with Crippen LogP contribution >= 0.6 is 0 Å². The first-order chi connectivity index (χ1) is 10.9. The van der Waals surface area contributed by atoms with Crippen LogP contribution in [-0.2, 0) is 16.1 Å². The fourth-order valence-electron chi connectivity index (χ4n) is 2.26. The van der Waals surface area contributed by atoms with Crippen molar-refractivity contribution in [3.63, 3.8) is 0 Å². The molecule has 1 saturated carbocycles. The van der Waals surface area contributed by atoms with Gasteiger partial charge in [-0.25, -0.2) is 0 Å². The van der Waals surface area contributed by atoms with Crippen LogP contribution in [0.15, 0.2) is 18.2 Å². The van der Waals surface area contributed by atoms with E-state index in [4.69, 9.17) is 9.84 Å². The Morgan fingerprint density at radius 2 is 2.13 bits per heavy atom. The lowest BCUT2D eigenvalue weighted by Gasteiger charge is -2.15. The smallest absolute Gasteiger partial charge is 0.387 e. The van der Waals surface area contributed by atoms with Gasteiger partial charge in [-0.05, 0) is 19.4 Å². The minimum atomic E-state index is -3.02. The molecule has 8 heteroatoms. The minimum absolute atomic E-state index is 0.0510. The molecule has 2 rings (SSSR count). The Bertz CT molecular complexity index is 593. The van der Waals surface area contributed by atoms with Crippen LogP contribution in [0.2, 0.25) is 0 Å². The lowest BCUT2D eigenvalue weighted by atomic mass is 10.1. The van der Waals surface area contributed by atoms with Crippen LogP contribution in [0.5, 0.6) is 11.5 Å². The number of rotatable bonds is 8. The minimum Gasteiger partial charge on any atom is -0.490 e. The molecule has 1 fully saturated rings. The molecule has 1 aromatic carbocycles. The molecular weight excluding hydrogens is 312 g/mol. The van der Waals surface area contributed by atoms with Crippen molar-refractivity contribution in [2.24, 2.45) is 11.8 Å². The Labute approximate surface area is 131 Å². The summed E-state index contributed by atoms with van der Waals surface area (Å²) < 4.78 is 34.9. The first-order valence-electron chi connectivity index (χ1n) is 7.14. The molecule has 2 atom stereocenters. The molecule has 6 nitrogen and oxygen atoms in total. The maximum absolute atomic E-state index is 12.6. The van der Waals surface area contributed by atoms with Gasteiger partial charge in [-0.1, -0.05) is 12.1 Å². The third-order valence-electron chi connectivity index (χ3n) is 3.46. The lowest BCUT2D eigenvalue weighted by molar-refractivity contribution is -0.140. The molecule has 0 spiro atoms.